The fourth-order valence-electron chi connectivity index (χ4n) is 2.38. The van der Waals surface area contributed by atoms with Crippen LogP contribution >= 0.6 is 0 Å². The number of rotatable bonds is 4. The molecular formula is C17H18N4. The molecule has 0 saturated heterocycles. The van der Waals surface area contributed by atoms with Crippen molar-refractivity contribution in [3.05, 3.63) is 66.4 Å². The number of benzene rings is 2. The van der Waals surface area contributed by atoms with E-state index < -0.39 is 0 Å². The standard InChI is InChI=1S/C17H18N4/c1-13(18)11-14-7-9-15(10-8-14)17-12-19-20-21(17)16-5-3-2-4-6-16/h2-10,12-13H,11,18H2,1H3. The van der Waals surface area contributed by atoms with Crippen LogP contribution in [0.5, 0.6) is 0 Å². The average molecular weight is 278 g/mol. The van der Waals surface area contributed by atoms with E-state index in [0.29, 0.717) is 0 Å². The lowest BCUT2D eigenvalue weighted by molar-refractivity contribution is 0.738. The van der Waals surface area contributed by atoms with Crippen molar-refractivity contribution in [2.45, 2.75) is 19.4 Å². The summed E-state index contributed by atoms with van der Waals surface area (Å²) in [7, 11) is 0. The molecule has 0 fully saturated rings. The molecule has 21 heavy (non-hydrogen) atoms. The molecule has 4 heteroatoms. The van der Waals surface area contributed by atoms with Crippen LogP contribution in [0.4, 0.5) is 0 Å². The third-order valence-electron chi connectivity index (χ3n) is 3.36. The van der Waals surface area contributed by atoms with Gasteiger partial charge in [0.15, 0.2) is 0 Å². The molecule has 1 atom stereocenters. The molecule has 0 amide bonds. The molecule has 0 aliphatic carbocycles. The molecule has 1 heterocycles. The van der Waals surface area contributed by atoms with Crippen molar-refractivity contribution >= 4 is 0 Å². The lowest BCUT2D eigenvalue weighted by Crippen LogP contribution is -2.17. The first-order valence-corrected chi connectivity index (χ1v) is 7.05. The van der Waals surface area contributed by atoms with Gasteiger partial charge in [-0.1, -0.05) is 47.7 Å². The highest BCUT2D eigenvalue weighted by Gasteiger charge is 2.08. The fraction of sp³-hybridized carbons (Fsp3) is 0.176. The Balaban J connectivity index is 1.93. The zero-order valence-corrected chi connectivity index (χ0v) is 12.0. The van der Waals surface area contributed by atoms with Crippen molar-refractivity contribution in [1.29, 1.82) is 0 Å². The van der Waals surface area contributed by atoms with Gasteiger partial charge in [-0.3, -0.25) is 0 Å². The van der Waals surface area contributed by atoms with Crippen LogP contribution in [0.3, 0.4) is 0 Å². The minimum Gasteiger partial charge on any atom is -0.328 e. The van der Waals surface area contributed by atoms with Crippen LogP contribution in [-0.4, -0.2) is 21.0 Å². The van der Waals surface area contributed by atoms with Gasteiger partial charge in [-0.05, 0) is 31.0 Å². The predicted molar refractivity (Wildman–Crippen MR) is 84.1 cm³/mol. The molecule has 1 aromatic heterocycles. The molecule has 0 bridgehead atoms. The van der Waals surface area contributed by atoms with E-state index in [1.54, 1.807) is 6.20 Å². The smallest absolute Gasteiger partial charge is 0.0944 e. The van der Waals surface area contributed by atoms with E-state index in [1.165, 1.54) is 5.56 Å². The Labute approximate surface area is 124 Å². The van der Waals surface area contributed by atoms with Crippen LogP contribution in [0.2, 0.25) is 0 Å². The molecule has 0 saturated carbocycles. The van der Waals surface area contributed by atoms with Gasteiger partial charge >= 0.3 is 0 Å². The molecular weight excluding hydrogens is 260 g/mol. The normalized spacial score (nSPS) is 12.3. The minimum absolute atomic E-state index is 0.173. The van der Waals surface area contributed by atoms with Crippen molar-refractivity contribution in [3.8, 4) is 16.9 Å². The third kappa shape index (κ3) is 3.01. The zero-order chi connectivity index (χ0) is 14.7. The molecule has 3 rings (SSSR count). The van der Waals surface area contributed by atoms with Crippen molar-refractivity contribution < 1.29 is 0 Å². The van der Waals surface area contributed by atoms with E-state index in [-0.39, 0.29) is 6.04 Å². The first kappa shape index (κ1) is 13.5. The van der Waals surface area contributed by atoms with Crippen LogP contribution in [0.1, 0.15) is 12.5 Å². The zero-order valence-electron chi connectivity index (χ0n) is 12.0. The summed E-state index contributed by atoms with van der Waals surface area (Å²) >= 11 is 0. The van der Waals surface area contributed by atoms with Crippen molar-refractivity contribution in [2.24, 2.45) is 5.73 Å². The summed E-state index contributed by atoms with van der Waals surface area (Å²) < 4.78 is 1.85. The second-order valence-corrected chi connectivity index (χ2v) is 5.24. The van der Waals surface area contributed by atoms with Gasteiger partial charge in [-0.2, -0.15) is 0 Å². The van der Waals surface area contributed by atoms with Gasteiger partial charge in [0.25, 0.3) is 0 Å². The number of hydrogen-bond acceptors (Lipinski definition) is 3. The summed E-state index contributed by atoms with van der Waals surface area (Å²) in [6.45, 7) is 2.02. The summed E-state index contributed by atoms with van der Waals surface area (Å²) in [6, 6.07) is 18.6. The van der Waals surface area contributed by atoms with Crippen molar-refractivity contribution in [3.63, 3.8) is 0 Å². The minimum atomic E-state index is 0.173. The van der Waals surface area contributed by atoms with E-state index in [2.05, 4.69) is 34.6 Å². The fourth-order valence-corrected chi connectivity index (χ4v) is 2.38. The molecule has 3 aromatic rings. The second-order valence-electron chi connectivity index (χ2n) is 5.24. The van der Waals surface area contributed by atoms with E-state index in [9.17, 15) is 0 Å². The van der Waals surface area contributed by atoms with Gasteiger partial charge in [0, 0.05) is 11.6 Å². The summed E-state index contributed by atoms with van der Waals surface area (Å²) in [6.07, 6.45) is 2.67. The van der Waals surface area contributed by atoms with Gasteiger partial charge in [0.1, 0.15) is 0 Å². The largest absolute Gasteiger partial charge is 0.328 e. The first-order chi connectivity index (χ1) is 10.2. The lowest BCUT2D eigenvalue weighted by atomic mass is 10.0. The van der Waals surface area contributed by atoms with Gasteiger partial charge in [0.2, 0.25) is 0 Å². The highest BCUT2D eigenvalue weighted by atomic mass is 15.4. The van der Waals surface area contributed by atoms with Crippen LogP contribution in [0.25, 0.3) is 16.9 Å². The Hall–Kier alpha value is -2.46. The van der Waals surface area contributed by atoms with Gasteiger partial charge in [-0.25, -0.2) is 4.68 Å². The quantitative estimate of drug-likeness (QED) is 0.798. The van der Waals surface area contributed by atoms with Crippen LogP contribution in [-0.2, 0) is 6.42 Å². The van der Waals surface area contributed by atoms with E-state index in [1.807, 2.05) is 41.9 Å². The summed E-state index contributed by atoms with van der Waals surface area (Å²) in [5.74, 6) is 0. The molecule has 0 radical (unpaired) electrons. The second kappa shape index (κ2) is 5.89. The first-order valence-electron chi connectivity index (χ1n) is 7.05. The molecule has 2 aromatic carbocycles. The molecule has 0 aliphatic heterocycles. The highest BCUT2D eigenvalue weighted by Crippen LogP contribution is 2.22. The predicted octanol–water partition coefficient (Wildman–Crippen LogP) is 2.82. The Kier molecular flexibility index (Phi) is 3.79. The maximum absolute atomic E-state index is 5.83. The van der Waals surface area contributed by atoms with Crippen LogP contribution in [0.15, 0.2) is 60.8 Å². The lowest BCUT2D eigenvalue weighted by Gasteiger charge is -2.08. The van der Waals surface area contributed by atoms with Crippen LogP contribution in [0, 0.1) is 0 Å². The molecule has 4 nitrogen and oxygen atoms in total. The van der Waals surface area contributed by atoms with E-state index >= 15 is 0 Å². The highest BCUT2D eigenvalue weighted by molar-refractivity contribution is 5.61. The topological polar surface area (TPSA) is 56.7 Å². The molecule has 0 spiro atoms. The third-order valence-corrected chi connectivity index (χ3v) is 3.36. The van der Waals surface area contributed by atoms with Crippen LogP contribution < -0.4 is 5.73 Å². The monoisotopic (exact) mass is 278 g/mol. The number of hydrogen-bond donors (Lipinski definition) is 1. The number of nitrogens with two attached hydrogens (primary N) is 1. The van der Waals surface area contributed by atoms with Crippen molar-refractivity contribution in [2.75, 3.05) is 0 Å². The summed E-state index contributed by atoms with van der Waals surface area (Å²) in [5.41, 5.74) is 10.2. The summed E-state index contributed by atoms with van der Waals surface area (Å²) in [4.78, 5) is 0. The number of para-hydroxylation sites is 1. The van der Waals surface area contributed by atoms with E-state index in [0.717, 1.165) is 23.4 Å². The SMILES string of the molecule is CC(N)Cc1ccc(-c2cnnn2-c2ccccc2)cc1. The molecule has 106 valence electrons. The average Bonchev–Trinajstić information content (AvgIpc) is 2.98. The molecule has 1 unspecified atom stereocenters. The maximum atomic E-state index is 5.83. The number of nitrogens with zero attached hydrogens (tertiary/aromatic N) is 3. The summed E-state index contributed by atoms with van der Waals surface area (Å²) in [5, 5.41) is 8.22. The Bertz CT molecular complexity index is 699. The Morgan fingerprint density at radius 3 is 2.43 bits per heavy atom. The number of aromatic nitrogens is 3. The van der Waals surface area contributed by atoms with Gasteiger partial charge < -0.3 is 5.73 Å². The molecule has 2 N–H and O–H groups in total. The van der Waals surface area contributed by atoms with E-state index in [4.69, 9.17) is 5.73 Å². The maximum Gasteiger partial charge on any atom is 0.0944 e. The van der Waals surface area contributed by atoms with Gasteiger partial charge in [-0.15, -0.1) is 5.10 Å². The molecule has 0 aliphatic rings. The van der Waals surface area contributed by atoms with Gasteiger partial charge in [0.05, 0.1) is 17.6 Å². The van der Waals surface area contributed by atoms with Crippen molar-refractivity contribution in [1.82, 2.24) is 15.0 Å². The Morgan fingerprint density at radius 1 is 1.05 bits per heavy atom. The Morgan fingerprint density at radius 2 is 1.76 bits per heavy atom.